The minimum absolute atomic E-state index is 0.0899. The zero-order valence-electron chi connectivity index (χ0n) is 36.5. The van der Waals surface area contributed by atoms with Gasteiger partial charge >= 0.3 is 120 Å². The van der Waals surface area contributed by atoms with Gasteiger partial charge in [0.1, 0.15) is 13.2 Å². The Balaban J connectivity index is 2.36. The largest absolute Gasteiger partial charge is 0.578 e. The number of amides is 2. The van der Waals surface area contributed by atoms with Gasteiger partial charge in [-0.3, -0.25) is 0 Å². The van der Waals surface area contributed by atoms with Crippen LogP contribution in [0.25, 0.3) is 0 Å². The third-order valence-electron chi connectivity index (χ3n) is 9.35. The molecule has 2 unspecified atom stereocenters. The van der Waals surface area contributed by atoms with Crippen molar-refractivity contribution in [2.45, 2.75) is 97.3 Å². The van der Waals surface area contributed by atoms with Crippen LogP contribution in [0.4, 0.5) is 9.59 Å². The molecule has 0 aromatic carbocycles. The van der Waals surface area contributed by atoms with Crippen molar-refractivity contribution in [1.29, 1.82) is 0 Å². The van der Waals surface area contributed by atoms with Crippen molar-refractivity contribution in [3.8, 4) is 0 Å². The zero-order chi connectivity index (χ0) is 49.7. The van der Waals surface area contributed by atoms with Crippen molar-refractivity contribution in [3.05, 3.63) is 12.7 Å². The second-order valence-electron chi connectivity index (χ2n) is 16.4. The first kappa shape index (κ1) is 61.0. The minimum Gasteiger partial charge on any atom is -0.578 e. The van der Waals surface area contributed by atoms with Crippen LogP contribution in [0.15, 0.2) is 12.7 Å². The molecule has 1 aliphatic carbocycles. The Morgan fingerprint density at radius 3 is 1.66 bits per heavy atom. The maximum Gasteiger partial charge on any atom is 0.532 e. The van der Waals surface area contributed by atoms with E-state index in [0.29, 0.717) is 51.5 Å². The van der Waals surface area contributed by atoms with Crippen LogP contribution in [0.1, 0.15) is 72.1 Å². The number of carbonyl (C=O) groups is 3. The molecule has 0 spiro atoms. The highest BCUT2D eigenvalue weighted by Crippen LogP contribution is 2.45. The van der Waals surface area contributed by atoms with Gasteiger partial charge in [-0.25, -0.2) is 14.4 Å². The molecule has 1 saturated carbocycles. The predicted molar refractivity (Wildman–Crippen MR) is 236 cm³/mol. The molecular weight excluding hydrogens is 1090 g/mol. The lowest BCUT2D eigenvalue weighted by Gasteiger charge is -2.46. The van der Waals surface area contributed by atoms with Crippen LogP contribution in [0, 0.1) is 10.8 Å². The molecule has 0 aliphatic heterocycles. The summed E-state index contributed by atoms with van der Waals surface area (Å²) in [7, 11) is -51.4. The van der Waals surface area contributed by atoms with E-state index in [1.165, 1.54) is 0 Å². The number of nitrogens with one attached hydrogen (secondary N) is 2. The molecule has 0 bridgehead atoms. The summed E-state index contributed by atoms with van der Waals surface area (Å²) >= 11 is 0. The molecule has 1 fully saturated rings. The van der Waals surface area contributed by atoms with Gasteiger partial charge < -0.3 is 91.7 Å². The Morgan fingerprint density at radius 2 is 1.12 bits per heavy atom. The number of hydrogen-bond acceptors (Lipinski definition) is 21. The molecule has 0 saturated heterocycles. The summed E-state index contributed by atoms with van der Waals surface area (Å²) in [5.41, 5.74) is -0.454. The van der Waals surface area contributed by atoms with Crippen LogP contribution in [-0.2, 0) is 85.9 Å². The number of esters is 1. The van der Waals surface area contributed by atoms with Gasteiger partial charge in [-0.2, -0.15) is 0 Å². The Bertz CT molecular complexity index is 2020. The lowest BCUT2D eigenvalue weighted by Crippen LogP contribution is -2.55. The Labute approximate surface area is 392 Å². The maximum atomic E-state index is 12.7. The molecule has 1 radical (unpaired) electrons. The molecule has 37 heteroatoms. The monoisotopic (exact) mass is 1140 g/mol. The van der Waals surface area contributed by atoms with Crippen LogP contribution in [0.2, 0.25) is 19.1 Å². The maximum absolute atomic E-state index is 12.7. The summed E-state index contributed by atoms with van der Waals surface area (Å²) in [6.45, 7) is 13.9. The van der Waals surface area contributed by atoms with Gasteiger partial charge in [0.25, 0.3) is 0 Å². The highest BCUT2D eigenvalue weighted by molar-refractivity contribution is 7.79. The first-order valence-corrected chi connectivity index (χ1v) is 52.8. The topological polar surface area (TPSA) is 343 Å². The van der Waals surface area contributed by atoms with Crippen LogP contribution in [-0.4, -0.2) is 174 Å². The molecule has 1 rings (SSSR count). The van der Waals surface area contributed by atoms with Crippen molar-refractivity contribution >= 4 is 129 Å². The fraction of sp³-hybridized carbons (Fsp3) is 0.821. The summed E-state index contributed by atoms with van der Waals surface area (Å²) in [4.78, 5) is 35.9. The van der Waals surface area contributed by atoms with E-state index >= 15 is 0 Å². The smallest absolute Gasteiger partial charge is 0.532 e. The molecule has 0 aromatic heterocycles. The second kappa shape index (κ2) is 29.7. The lowest BCUT2D eigenvalue weighted by atomic mass is 9.62. The first-order valence-electron chi connectivity index (χ1n) is 20.0. The number of alkyl carbamates (subject to hydrolysis) is 2. The van der Waals surface area contributed by atoms with Gasteiger partial charge in [-0.15, -0.1) is 0 Å². The van der Waals surface area contributed by atoms with E-state index < -0.39 is 129 Å². The summed E-state index contributed by atoms with van der Waals surface area (Å²) in [6, 6.07) is 0.173. The van der Waals surface area contributed by atoms with Crippen molar-refractivity contribution in [2.24, 2.45) is 10.8 Å². The standard InChI is InChI=1S/C28H51N2O21Si14/c1-7-24(31)48-16-17-50-26(33)30-23-19-27(2,3)21-28(4,20-23)22-29-25(32)49-15-11-9-8-10-13-47-14-12-18-65(5,6)51-53(35)55(37)57(39)59(41)61(43)63(45)64(46)62(44)60(42)58(40)56(38)54(36)52-34/h7,23H,1,8-22H2,2-6H3,(H,29,32)(H,30,33). The van der Waals surface area contributed by atoms with Crippen LogP contribution in [0.3, 0.4) is 0 Å². The van der Waals surface area contributed by atoms with Crippen molar-refractivity contribution < 1.29 is 95.5 Å². The molecule has 2 N–H and O–H groups in total. The quantitative estimate of drug-likeness (QED) is 0.0266. The van der Waals surface area contributed by atoms with E-state index in [9.17, 15) is 72.4 Å². The van der Waals surface area contributed by atoms with Gasteiger partial charge in [-0.1, -0.05) is 33.8 Å². The summed E-state index contributed by atoms with van der Waals surface area (Å²) < 4.78 is 185. The molecule has 355 valence electrons. The van der Waals surface area contributed by atoms with Gasteiger partial charge in [0, 0.05) is 31.9 Å². The molecule has 23 nitrogen and oxygen atoms in total. The summed E-state index contributed by atoms with van der Waals surface area (Å²) in [5.74, 6) is -0.612. The third-order valence-corrected chi connectivity index (χ3v) is 99.6. The minimum atomic E-state index is -4.14. The average Bonchev–Trinajstić information content (AvgIpc) is 3.24. The molecule has 0 heterocycles. The van der Waals surface area contributed by atoms with E-state index in [1.54, 1.807) is 13.1 Å². The van der Waals surface area contributed by atoms with E-state index in [2.05, 4.69) is 31.1 Å². The predicted octanol–water partition coefficient (Wildman–Crippen LogP) is -1.09. The number of ether oxygens (including phenoxy) is 4. The summed E-state index contributed by atoms with van der Waals surface area (Å²) in [6.07, 6.45) is 5.35. The Kier molecular flexibility index (Phi) is 27.9. The lowest BCUT2D eigenvalue weighted by molar-refractivity contribution is -0.138. The molecule has 1 aliphatic rings. The zero-order valence-corrected chi connectivity index (χ0v) is 50.5. The van der Waals surface area contributed by atoms with E-state index in [0.717, 1.165) is 31.8 Å². The highest BCUT2D eigenvalue weighted by atomic mass is 30.1. The van der Waals surface area contributed by atoms with E-state index in [1.807, 2.05) is 6.92 Å². The Morgan fingerprint density at radius 1 is 0.646 bits per heavy atom. The normalized spacial score (nSPS) is 16.2. The molecular formula is C28H51N2O21Si14. The van der Waals surface area contributed by atoms with Crippen LogP contribution in [0.5, 0.6) is 0 Å². The Hall–Kier alpha value is -2.05. The number of rotatable bonds is 32. The van der Waals surface area contributed by atoms with Crippen molar-refractivity contribution in [3.63, 3.8) is 0 Å². The van der Waals surface area contributed by atoms with E-state index in [4.69, 9.17) is 23.1 Å². The van der Waals surface area contributed by atoms with Gasteiger partial charge in [0.05, 0.1) is 6.61 Å². The number of unbranched alkanes of at least 4 members (excludes halogenated alkanes) is 3. The fourth-order valence-electron chi connectivity index (χ4n) is 6.69. The number of carbonyl (C=O) groups excluding carboxylic acids is 3. The highest BCUT2D eigenvalue weighted by Gasteiger charge is 2.54. The van der Waals surface area contributed by atoms with Gasteiger partial charge in [0.15, 0.2) is 0 Å². The second-order valence-corrected chi connectivity index (χ2v) is 77.6. The van der Waals surface area contributed by atoms with E-state index in [-0.39, 0.29) is 36.7 Å². The first-order chi connectivity index (χ1) is 30.2. The van der Waals surface area contributed by atoms with Gasteiger partial charge in [0.2, 0.25) is 8.32 Å². The molecule has 2 amide bonds. The SMILES string of the molecule is C=CC(=O)OCCOC(=O)NC1CC(C)(C)CC(C)(CNC(=O)OCCCCCCOCCC[Si](C)(C)O[Si](=O)[Si](=O)[Si](=O)[Si](=O)[Si](=O)[Si](=O)[Si](=O)[Si](=O)[Si](=O)[Si](=O)[Si](=O)[Si](=O)[Si]=O)C1. The summed E-state index contributed by atoms with van der Waals surface area (Å²) in [5, 5.41) is 5.72. The number of hydrogen-bond donors (Lipinski definition) is 2. The van der Waals surface area contributed by atoms with Crippen molar-refractivity contribution in [2.75, 3.05) is 39.6 Å². The molecule has 2 atom stereocenters. The van der Waals surface area contributed by atoms with Crippen LogP contribution < -0.4 is 10.6 Å². The van der Waals surface area contributed by atoms with Crippen LogP contribution >= 0.6 is 0 Å². The van der Waals surface area contributed by atoms with Crippen molar-refractivity contribution in [1.82, 2.24) is 10.6 Å². The molecule has 65 heavy (non-hydrogen) atoms. The fourth-order valence-corrected chi connectivity index (χ4v) is 133. The third kappa shape index (κ3) is 22.7. The van der Waals surface area contributed by atoms with Gasteiger partial charge in [-0.05, 0) is 74.9 Å². The molecule has 0 aromatic rings. The average molecular weight is 1140 g/mol.